The Balaban J connectivity index is 1.19. The summed E-state index contributed by atoms with van der Waals surface area (Å²) in [6.45, 7) is -5.85. The van der Waals surface area contributed by atoms with Crippen LogP contribution in [0.5, 0.6) is 0 Å². The molecule has 0 amide bonds. The number of aromatic nitrogens is 8. The molecule has 19 nitrogen and oxygen atoms in total. The van der Waals surface area contributed by atoms with Gasteiger partial charge in [0.2, 0.25) is 5.95 Å². The molecule has 3 aliphatic heterocycles. The van der Waals surface area contributed by atoms with Crippen LogP contribution in [-0.2, 0) is 36.7 Å². The smallest absolute Gasteiger partial charge is 0.382 e. The van der Waals surface area contributed by atoms with Gasteiger partial charge in [-0.05, 0) is 0 Å². The minimum atomic E-state index is -4.34. The van der Waals surface area contributed by atoms with Crippen LogP contribution >= 0.6 is 38.1 Å². The van der Waals surface area contributed by atoms with E-state index in [0.29, 0.717) is 0 Å². The van der Waals surface area contributed by atoms with Crippen molar-refractivity contribution in [3.63, 3.8) is 0 Å². The molecular weight excluding hydrogens is 693 g/mol. The number of imidazole rings is 2. The number of alkyl halides is 1. The summed E-state index contributed by atoms with van der Waals surface area (Å²) in [7, 11) is 0. The molecule has 3 fully saturated rings. The van der Waals surface area contributed by atoms with Crippen LogP contribution in [-0.4, -0.2) is 82.8 Å². The standard InChI is InChI=1S/C22H25FN10O9P2S2/c1-2-8-14-9(39-20(8)33-7-29-13-18(33)30-22(25)31-19(13)34)3-37-44(36,46)42-15-10(4-38-43(35,45)41-14)40-21(11(15)23)32-6-28-12-16(24)26-5-27-17(12)32/h2,5-11,14-15,20-21H,1,3-4H2,(H,35,45)(H,36,46)(H2,24,26,27)(H3,25,30,31,34)/t8-,9-,10-,11-,14+,15-,20-,21-,43-,44+/m1/s1. The van der Waals surface area contributed by atoms with Gasteiger partial charge in [-0.1, -0.05) is 30.6 Å². The number of nitrogen functional groups attached to an aromatic ring is 2. The SMILES string of the molecule is C=C[C@@H]1[C@@H]2O[P@](=O)(S)OC[C@H]3O[C@@H](n4cnc5c(N)ncnc54)[C@H](F)[C@@H]3O[P@@](=O)(S)OC[C@H]2O[C@H]1n1cnc2c(=O)[nH]c(N)nc21. The Morgan fingerprint density at radius 3 is 2.24 bits per heavy atom. The van der Waals surface area contributed by atoms with Crippen molar-refractivity contribution in [2.45, 2.75) is 43.0 Å². The molecule has 0 unspecified atom stereocenters. The van der Waals surface area contributed by atoms with Crippen molar-refractivity contribution in [1.29, 1.82) is 0 Å². The van der Waals surface area contributed by atoms with Gasteiger partial charge in [-0.2, -0.15) is 4.98 Å². The molecule has 0 spiro atoms. The lowest BCUT2D eigenvalue weighted by atomic mass is 10.00. The van der Waals surface area contributed by atoms with Crippen molar-refractivity contribution in [3.8, 4) is 0 Å². The van der Waals surface area contributed by atoms with Crippen LogP contribution in [0.3, 0.4) is 0 Å². The molecule has 5 N–H and O–H groups in total. The zero-order valence-electron chi connectivity index (χ0n) is 23.2. The lowest BCUT2D eigenvalue weighted by Crippen LogP contribution is -2.36. The number of thiol groups is 2. The molecule has 3 saturated heterocycles. The number of nitrogens with one attached hydrogen (secondary N) is 1. The van der Waals surface area contributed by atoms with Gasteiger partial charge in [0.05, 0.1) is 31.8 Å². The van der Waals surface area contributed by atoms with Gasteiger partial charge in [0.1, 0.15) is 42.5 Å². The predicted octanol–water partition coefficient (Wildman–Crippen LogP) is 1.95. The number of H-pyrrole nitrogens is 1. The second kappa shape index (κ2) is 11.7. The first-order valence-electron chi connectivity index (χ1n) is 13.4. The Morgan fingerprint density at radius 1 is 0.935 bits per heavy atom. The van der Waals surface area contributed by atoms with Crippen molar-refractivity contribution in [3.05, 3.63) is 42.0 Å². The highest BCUT2D eigenvalue weighted by Crippen LogP contribution is 2.61. The van der Waals surface area contributed by atoms with Crippen LogP contribution in [0.4, 0.5) is 16.2 Å². The molecule has 7 heterocycles. The topological polar surface area (TPSA) is 249 Å². The highest BCUT2D eigenvalue weighted by Gasteiger charge is 2.53. The number of halogens is 1. The number of fused-ring (bicyclic) bond motifs is 4. The molecule has 0 bridgehead atoms. The monoisotopic (exact) mass is 718 g/mol. The maximum atomic E-state index is 16.0. The predicted molar refractivity (Wildman–Crippen MR) is 164 cm³/mol. The fourth-order valence-corrected chi connectivity index (χ4v) is 8.59. The number of hydrogen-bond acceptors (Lipinski definition) is 16. The quantitative estimate of drug-likeness (QED) is 0.115. The van der Waals surface area contributed by atoms with E-state index in [9.17, 15) is 13.9 Å². The second-order valence-corrected chi connectivity index (χ2v) is 16.2. The van der Waals surface area contributed by atoms with Crippen molar-refractivity contribution >= 4 is 72.2 Å². The van der Waals surface area contributed by atoms with Gasteiger partial charge in [0.15, 0.2) is 35.0 Å². The summed E-state index contributed by atoms with van der Waals surface area (Å²) in [5.41, 5.74) is 11.4. The van der Waals surface area contributed by atoms with Crippen molar-refractivity contribution < 1.29 is 41.1 Å². The maximum Gasteiger partial charge on any atom is 0.386 e. The first-order chi connectivity index (χ1) is 21.9. The molecule has 24 heteroatoms. The van der Waals surface area contributed by atoms with Gasteiger partial charge in [-0.15, -0.1) is 6.58 Å². The summed E-state index contributed by atoms with van der Waals surface area (Å²) in [5, 5.41) is 0. The van der Waals surface area contributed by atoms with E-state index >= 15 is 4.39 Å². The lowest BCUT2D eigenvalue weighted by molar-refractivity contribution is -0.0542. The summed E-state index contributed by atoms with van der Waals surface area (Å²) in [5.74, 6) is -0.910. The number of nitrogens with zero attached hydrogens (tertiary/aromatic N) is 7. The average Bonchev–Trinajstić information content (AvgIpc) is 3.75. The molecule has 4 aromatic rings. The van der Waals surface area contributed by atoms with Gasteiger partial charge < -0.3 is 20.9 Å². The van der Waals surface area contributed by atoms with E-state index in [4.69, 9.17) is 39.0 Å². The van der Waals surface area contributed by atoms with Crippen molar-refractivity contribution in [2.75, 3.05) is 24.7 Å². The van der Waals surface area contributed by atoms with E-state index in [1.54, 1.807) is 0 Å². The molecule has 4 aromatic heterocycles. The zero-order valence-corrected chi connectivity index (χ0v) is 26.8. The van der Waals surface area contributed by atoms with E-state index in [2.05, 4.69) is 61.0 Å². The molecule has 46 heavy (non-hydrogen) atoms. The first kappa shape index (κ1) is 31.7. The molecule has 10 atom stereocenters. The van der Waals surface area contributed by atoms with Crippen LogP contribution in [0.15, 0.2) is 36.4 Å². The lowest BCUT2D eigenvalue weighted by Gasteiger charge is -2.29. The third kappa shape index (κ3) is 5.55. The van der Waals surface area contributed by atoms with E-state index in [0.717, 1.165) is 0 Å². The van der Waals surface area contributed by atoms with Gasteiger partial charge in [0, 0.05) is 0 Å². The Kier molecular flexibility index (Phi) is 8.03. The zero-order chi connectivity index (χ0) is 32.5. The average molecular weight is 719 g/mol. The highest BCUT2D eigenvalue weighted by molar-refractivity contribution is 8.44. The van der Waals surface area contributed by atoms with Crippen LogP contribution in [0.1, 0.15) is 12.5 Å². The molecule has 0 saturated carbocycles. The number of nitrogens with two attached hydrogens (primary N) is 2. The van der Waals surface area contributed by atoms with Gasteiger partial charge in [-0.25, -0.2) is 33.5 Å². The number of ether oxygens (including phenoxy) is 2. The van der Waals surface area contributed by atoms with E-state index < -0.39 is 81.3 Å². The van der Waals surface area contributed by atoms with E-state index in [1.807, 2.05) is 0 Å². The maximum absolute atomic E-state index is 16.0. The minimum Gasteiger partial charge on any atom is -0.382 e. The molecular formula is C22H25FN10O9P2S2. The minimum absolute atomic E-state index is 0.0228. The van der Waals surface area contributed by atoms with Gasteiger partial charge in [0.25, 0.3) is 5.56 Å². The highest BCUT2D eigenvalue weighted by atomic mass is 32.7. The second-order valence-electron chi connectivity index (χ2n) is 10.4. The normalized spacial score (nSPS) is 37.0. The number of aromatic amines is 1. The molecule has 0 aliphatic carbocycles. The summed E-state index contributed by atoms with van der Waals surface area (Å²) >= 11 is 8.21. The third-order valence-corrected chi connectivity index (χ3v) is 10.9. The van der Waals surface area contributed by atoms with Crippen molar-refractivity contribution in [1.82, 2.24) is 39.0 Å². The summed E-state index contributed by atoms with van der Waals surface area (Å²) in [6.07, 6.45) is -4.42. The largest absolute Gasteiger partial charge is 0.386 e. The molecule has 0 radical (unpaired) electrons. The fraction of sp³-hybridized carbons (Fsp3) is 0.455. The van der Waals surface area contributed by atoms with Crippen LogP contribution < -0.4 is 17.0 Å². The van der Waals surface area contributed by atoms with Gasteiger partial charge >= 0.3 is 13.6 Å². The first-order valence-corrected chi connectivity index (χ1v) is 18.8. The number of hydrogen-bond donors (Lipinski definition) is 5. The number of anilines is 2. The molecule has 3 aliphatic rings. The van der Waals surface area contributed by atoms with Crippen LogP contribution in [0.25, 0.3) is 22.3 Å². The molecule has 246 valence electrons. The van der Waals surface area contributed by atoms with Gasteiger partial charge in [-0.3, -0.25) is 37.0 Å². The summed E-state index contributed by atoms with van der Waals surface area (Å²) in [4.78, 5) is 35.0. The van der Waals surface area contributed by atoms with Crippen LogP contribution in [0, 0.1) is 5.92 Å². The Hall–Kier alpha value is -2.91. The number of rotatable bonds is 3. The Bertz CT molecular complexity index is 2000. The summed E-state index contributed by atoms with van der Waals surface area (Å²) in [6, 6.07) is 0. The molecule has 7 rings (SSSR count). The Morgan fingerprint density at radius 2 is 1.54 bits per heavy atom. The van der Waals surface area contributed by atoms with E-state index in [-0.39, 0.29) is 34.1 Å². The fourth-order valence-electron chi connectivity index (χ4n) is 5.60. The Labute approximate surface area is 267 Å². The van der Waals surface area contributed by atoms with Crippen LogP contribution in [0.2, 0.25) is 0 Å². The van der Waals surface area contributed by atoms with Crippen molar-refractivity contribution in [2.24, 2.45) is 5.92 Å². The van der Waals surface area contributed by atoms with E-state index in [1.165, 1.54) is 34.2 Å². The molecule has 0 aromatic carbocycles. The third-order valence-electron chi connectivity index (χ3n) is 7.63. The summed E-state index contributed by atoms with van der Waals surface area (Å²) < 4.78 is 80.4.